The molecule has 0 aromatic carbocycles. The molecule has 0 rings (SSSR count). The van der Waals surface area contributed by atoms with E-state index in [-0.39, 0.29) is 18.4 Å². The molecule has 5 nitrogen and oxygen atoms in total. The van der Waals surface area contributed by atoms with Gasteiger partial charge in [0.1, 0.15) is 0 Å². The van der Waals surface area contributed by atoms with Crippen molar-refractivity contribution in [3.8, 4) is 0 Å². The zero-order valence-electron chi connectivity index (χ0n) is 10.6. The first-order valence-corrected chi connectivity index (χ1v) is 5.67. The fourth-order valence-corrected chi connectivity index (χ4v) is 1.44. The molecule has 0 aromatic heterocycles. The van der Waals surface area contributed by atoms with Gasteiger partial charge in [0.2, 0.25) is 11.8 Å². The van der Waals surface area contributed by atoms with Crippen LogP contribution in [-0.4, -0.2) is 42.9 Å². The standard InChI is InChI=1S/C11H23N3O2/c1-5-14(7-10(15)13-4)11(16)9(12)6-8(2)3/h8-9H,5-7,12H2,1-4H3,(H,13,15). The highest BCUT2D eigenvalue weighted by atomic mass is 16.2. The summed E-state index contributed by atoms with van der Waals surface area (Å²) in [5.41, 5.74) is 5.79. The van der Waals surface area contributed by atoms with Crippen molar-refractivity contribution in [3.05, 3.63) is 0 Å². The number of likely N-dealkylation sites (N-methyl/N-ethyl adjacent to an activating group) is 2. The van der Waals surface area contributed by atoms with Gasteiger partial charge in [0.05, 0.1) is 12.6 Å². The first-order valence-electron chi connectivity index (χ1n) is 5.67. The summed E-state index contributed by atoms with van der Waals surface area (Å²) in [5.74, 6) is 0.0457. The molecule has 0 fully saturated rings. The maximum absolute atomic E-state index is 11.9. The minimum atomic E-state index is -0.510. The molecule has 0 aromatic rings. The van der Waals surface area contributed by atoms with Gasteiger partial charge in [0.25, 0.3) is 0 Å². The molecule has 0 saturated heterocycles. The molecule has 1 atom stereocenters. The summed E-state index contributed by atoms with van der Waals surface area (Å²) in [6.45, 7) is 6.45. The maximum atomic E-state index is 11.9. The van der Waals surface area contributed by atoms with E-state index < -0.39 is 6.04 Å². The minimum Gasteiger partial charge on any atom is -0.358 e. The van der Waals surface area contributed by atoms with Gasteiger partial charge in [-0.1, -0.05) is 13.8 Å². The van der Waals surface area contributed by atoms with Gasteiger partial charge in [-0.2, -0.15) is 0 Å². The van der Waals surface area contributed by atoms with Gasteiger partial charge in [-0.15, -0.1) is 0 Å². The van der Waals surface area contributed by atoms with E-state index in [0.717, 1.165) is 0 Å². The Morgan fingerprint density at radius 2 is 1.94 bits per heavy atom. The van der Waals surface area contributed by atoms with Crippen molar-refractivity contribution in [2.24, 2.45) is 11.7 Å². The van der Waals surface area contributed by atoms with Crippen LogP contribution in [0.4, 0.5) is 0 Å². The summed E-state index contributed by atoms with van der Waals surface area (Å²) in [7, 11) is 1.55. The van der Waals surface area contributed by atoms with E-state index in [9.17, 15) is 9.59 Å². The van der Waals surface area contributed by atoms with Crippen LogP contribution in [0, 0.1) is 5.92 Å². The Morgan fingerprint density at radius 3 is 2.31 bits per heavy atom. The summed E-state index contributed by atoms with van der Waals surface area (Å²) >= 11 is 0. The molecule has 16 heavy (non-hydrogen) atoms. The van der Waals surface area contributed by atoms with Crippen molar-refractivity contribution in [1.29, 1.82) is 0 Å². The van der Waals surface area contributed by atoms with Gasteiger partial charge in [0, 0.05) is 13.6 Å². The van der Waals surface area contributed by atoms with E-state index >= 15 is 0 Å². The zero-order chi connectivity index (χ0) is 12.7. The average Bonchev–Trinajstić information content (AvgIpc) is 2.23. The number of carbonyl (C=O) groups is 2. The highest BCUT2D eigenvalue weighted by Crippen LogP contribution is 2.05. The van der Waals surface area contributed by atoms with Crippen LogP contribution in [0.1, 0.15) is 27.2 Å². The second-order valence-electron chi connectivity index (χ2n) is 4.26. The van der Waals surface area contributed by atoms with E-state index in [0.29, 0.717) is 18.9 Å². The molecule has 0 aliphatic rings. The molecule has 0 aliphatic carbocycles. The van der Waals surface area contributed by atoms with Crippen LogP contribution >= 0.6 is 0 Å². The molecule has 0 spiro atoms. The Morgan fingerprint density at radius 1 is 1.38 bits per heavy atom. The second kappa shape index (κ2) is 7.22. The molecule has 0 radical (unpaired) electrons. The predicted octanol–water partition coefficient (Wildman–Crippen LogP) is -0.0457. The first-order chi connectivity index (χ1) is 7.42. The van der Waals surface area contributed by atoms with Crippen molar-refractivity contribution in [2.45, 2.75) is 33.2 Å². The van der Waals surface area contributed by atoms with Crippen molar-refractivity contribution >= 4 is 11.8 Å². The minimum absolute atomic E-state index is 0.0810. The molecule has 0 aliphatic heterocycles. The third-order valence-electron chi connectivity index (χ3n) is 2.35. The maximum Gasteiger partial charge on any atom is 0.239 e. The predicted molar refractivity (Wildman–Crippen MR) is 63.8 cm³/mol. The molecule has 2 amide bonds. The van der Waals surface area contributed by atoms with E-state index in [2.05, 4.69) is 5.32 Å². The third kappa shape index (κ3) is 5.11. The van der Waals surface area contributed by atoms with Crippen molar-refractivity contribution in [3.63, 3.8) is 0 Å². The smallest absolute Gasteiger partial charge is 0.239 e. The molecule has 94 valence electrons. The molecular formula is C11H23N3O2. The first kappa shape index (κ1) is 14.9. The summed E-state index contributed by atoms with van der Waals surface area (Å²) in [6, 6.07) is -0.510. The van der Waals surface area contributed by atoms with Crippen LogP contribution in [0.25, 0.3) is 0 Å². The number of hydrogen-bond acceptors (Lipinski definition) is 3. The monoisotopic (exact) mass is 229 g/mol. The molecule has 5 heteroatoms. The number of carbonyl (C=O) groups excluding carboxylic acids is 2. The molecular weight excluding hydrogens is 206 g/mol. The molecule has 0 saturated carbocycles. The van der Waals surface area contributed by atoms with Gasteiger partial charge in [0.15, 0.2) is 0 Å². The van der Waals surface area contributed by atoms with Gasteiger partial charge >= 0.3 is 0 Å². The molecule has 0 bridgehead atoms. The summed E-state index contributed by atoms with van der Waals surface area (Å²) in [5, 5.41) is 2.49. The van der Waals surface area contributed by atoms with Crippen LogP contribution < -0.4 is 11.1 Å². The lowest BCUT2D eigenvalue weighted by atomic mass is 10.0. The molecule has 0 heterocycles. The van der Waals surface area contributed by atoms with Gasteiger partial charge in [-0.25, -0.2) is 0 Å². The number of hydrogen-bond donors (Lipinski definition) is 2. The fraction of sp³-hybridized carbons (Fsp3) is 0.818. The number of rotatable bonds is 6. The summed E-state index contributed by atoms with van der Waals surface area (Å²) in [6.07, 6.45) is 0.642. The molecule has 1 unspecified atom stereocenters. The summed E-state index contributed by atoms with van der Waals surface area (Å²) in [4.78, 5) is 24.5. The number of nitrogens with zero attached hydrogens (tertiary/aromatic N) is 1. The quantitative estimate of drug-likeness (QED) is 0.671. The van der Waals surface area contributed by atoms with Crippen LogP contribution in [0.3, 0.4) is 0 Å². The third-order valence-corrected chi connectivity index (χ3v) is 2.35. The Labute approximate surface area is 97.4 Å². The van der Waals surface area contributed by atoms with Gasteiger partial charge < -0.3 is 16.0 Å². The zero-order valence-corrected chi connectivity index (χ0v) is 10.6. The number of nitrogens with one attached hydrogen (secondary N) is 1. The van der Waals surface area contributed by atoms with Crippen molar-refractivity contribution in [1.82, 2.24) is 10.2 Å². The Bertz CT molecular complexity index is 241. The normalized spacial score (nSPS) is 12.4. The van der Waals surface area contributed by atoms with Crippen molar-refractivity contribution < 1.29 is 9.59 Å². The second-order valence-corrected chi connectivity index (χ2v) is 4.26. The van der Waals surface area contributed by atoms with E-state index in [1.165, 1.54) is 4.90 Å². The van der Waals surface area contributed by atoms with Crippen LogP contribution in [0.15, 0.2) is 0 Å². The highest BCUT2D eigenvalue weighted by Gasteiger charge is 2.21. The van der Waals surface area contributed by atoms with Gasteiger partial charge in [-0.05, 0) is 19.3 Å². The Balaban J connectivity index is 4.34. The number of nitrogens with two attached hydrogens (primary N) is 1. The van der Waals surface area contributed by atoms with E-state index in [4.69, 9.17) is 5.73 Å². The lowest BCUT2D eigenvalue weighted by Gasteiger charge is -2.24. The molecule has 3 N–H and O–H groups in total. The Hall–Kier alpha value is -1.10. The fourth-order valence-electron chi connectivity index (χ4n) is 1.44. The highest BCUT2D eigenvalue weighted by molar-refractivity contribution is 5.87. The van der Waals surface area contributed by atoms with Crippen LogP contribution in [-0.2, 0) is 9.59 Å². The summed E-state index contributed by atoms with van der Waals surface area (Å²) < 4.78 is 0. The largest absolute Gasteiger partial charge is 0.358 e. The van der Waals surface area contributed by atoms with E-state index in [1.54, 1.807) is 7.05 Å². The average molecular weight is 229 g/mol. The lowest BCUT2D eigenvalue weighted by molar-refractivity contribution is -0.137. The number of amides is 2. The lowest BCUT2D eigenvalue weighted by Crippen LogP contribution is -2.47. The van der Waals surface area contributed by atoms with Crippen LogP contribution in [0.2, 0.25) is 0 Å². The van der Waals surface area contributed by atoms with Crippen LogP contribution in [0.5, 0.6) is 0 Å². The van der Waals surface area contributed by atoms with E-state index in [1.807, 2.05) is 20.8 Å². The van der Waals surface area contributed by atoms with Gasteiger partial charge in [-0.3, -0.25) is 9.59 Å². The van der Waals surface area contributed by atoms with Crippen molar-refractivity contribution in [2.75, 3.05) is 20.1 Å². The SMILES string of the molecule is CCN(CC(=O)NC)C(=O)C(N)CC(C)C. The topological polar surface area (TPSA) is 75.4 Å². The Kier molecular flexibility index (Phi) is 6.72.